The van der Waals surface area contributed by atoms with Crippen LogP contribution in [0.4, 0.5) is 10.1 Å². The molecule has 0 N–H and O–H groups in total. The first-order valence-electron chi connectivity index (χ1n) is 8.60. The molecule has 0 aliphatic carbocycles. The molecule has 2 saturated heterocycles. The van der Waals surface area contributed by atoms with E-state index in [2.05, 4.69) is 11.8 Å². The van der Waals surface area contributed by atoms with Crippen LogP contribution in [0.5, 0.6) is 0 Å². The number of anilines is 1. The number of halogens is 1. The van der Waals surface area contributed by atoms with Crippen molar-refractivity contribution in [3.05, 3.63) is 24.0 Å². The van der Waals surface area contributed by atoms with Gasteiger partial charge < -0.3 is 14.2 Å². The van der Waals surface area contributed by atoms with Gasteiger partial charge in [0.2, 0.25) is 0 Å². The van der Waals surface area contributed by atoms with E-state index in [0.29, 0.717) is 5.69 Å². The molecule has 2 aliphatic heterocycles. The van der Waals surface area contributed by atoms with Crippen molar-refractivity contribution in [2.45, 2.75) is 58.7 Å². The van der Waals surface area contributed by atoms with Gasteiger partial charge >= 0.3 is 7.12 Å². The van der Waals surface area contributed by atoms with Gasteiger partial charge in [-0.15, -0.1) is 0 Å². The van der Waals surface area contributed by atoms with Crippen molar-refractivity contribution in [1.29, 1.82) is 0 Å². The summed E-state index contributed by atoms with van der Waals surface area (Å²) in [6.07, 6.45) is 2.25. The molecule has 2 fully saturated rings. The maximum atomic E-state index is 14.6. The number of hydrogen-bond donors (Lipinski definition) is 0. The average Bonchev–Trinajstić information content (AvgIpc) is 2.68. The highest BCUT2D eigenvalue weighted by molar-refractivity contribution is 6.62. The molecule has 2 aliphatic rings. The third-order valence-electron chi connectivity index (χ3n) is 5.62. The lowest BCUT2D eigenvalue weighted by Gasteiger charge is -2.32. The van der Waals surface area contributed by atoms with Gasteiger partial charge in [0.15, 0.2) is 0 Å². The Balaban J connectivity index is 1.78. The third kappa shape index (κ3) is 3.13. The van der Waals surface area contributed by atoms with E-state index in [1.165, 1.54) is 0 Å². The summed E-state index contributed by atoms with van der Waals surface area (Å²) in [5.41, 5.74) is 0.624. The Hall–Kier alpha value is -1.07. The van der Waals surface area contributed by atoms with Crippen molar-refractivity contribution in [2.24, 2.45) is 5.92 Å². The van der Waals surface area contributed by atoms with Gasteiger partial charge in [0.05, 0.1) is 16.9 Å². The van der Waals surface area contributed by atoms with Crippen molar-refractivity contribution in [1.82, 2.24) is 0 Å². The fourth-order valence-corrected chi connectivity index (χ4v) is 3.15. The quantitative estimate of drug-likeness (QED) is 0.780. The van der Waals surface area contributed by atoms with Gasteiger partial charge in [-0.05, 0) is 64.1 Å². The highest BCUT2D eigenvalue weighted by Crippen LogP contribution is 2.36. The molecule has 0 atom stereocenters. The molecule has 0 unspecified atom stereocenters. The molecule has 0 saturated carbocycles. The Morgan fingerprint density at radius 3 is 2.17 bits per heavy atom. The van der Waals surface area contributed by atoms with Crippen LogP contribution in [0.25, 0.3) is 0 Å². The van der Waals surface area contributed by atoms with Gasteiger partial charge in [-0.2, -0.15) is 0 Å². The van der Waals surface area contributed by atoms with E-state index in [1.54, 1.807) is 6.07 Å². The molecule has 0 amide bonds. The fourth-order valence-electron chi connectivity index (χ4n) is 3.15. The fraction of sp³-hybridized carbons (Fsp3) is 0.667. The van der Waals surface area contributed by atoms with Crippen LogP contribution >= 0.6 is 0 Å². The van der Waals surface area contributed by atoms with E-state index in [9.17, 15) is 4.39 Å². The molecular weight excluding hydrogens is 292 g/mol. The van der Waals surface area contributed by atoms with Crippen LogP contribution in [0.15, 0.2) is 18.2 Å². The Labute approximate surface area is 139 Å². The number of hydrogen-bond acceptors (Lipinski definition) is 3. The topological polar surface area (TPSA) is 21.7 Å². The second-order valence-electron chi connectivity index (χ2n) is 7.97. The number of rotatable bonds is 2. The minimum atomic E-state index is -0.509. The Bertz CT molecular complexity index is 566. The van der Waals surface area contributed by atoms with Gasteiger partial charge in [-0.1, -0.05) is 13.0 Å². The second kappa shape index (κ2) is 5.78. The van der Waals surface area contributed by atoms with Crippen LogP contribution < -0.4 is 10.4 Å². The minimum absolute atomic E-state index is 0.188. The van der Waals surface area contributed by atoms with Crippen LogP contribution in [0.1, 0.15) is 47.5 Å². The predicted molar refractivity (Wildman–Crippen MR) is 92.7 cm³/mol. The van der Waals surface area contributed by atoms with Crippen molar-refractivity contribution in [2.75, 3.05) is 18.0 Å². The van der Waals surface area contributed by atoms with E-state index in [0.717, 1.165) is 37.3 Å². The van der Waals surface area contributed by atoms with E-state index in [1.807, 2.05) is 39.8 Å². The number of nitrogens with zero attached hydrogens (tertiary/aromatic N) is 1. The van der Waals surface area contributed by atoms with E-state index in [4.69, 9.17) is 9.31 Å². The van der Waals surface area contributed by atoms with Crippen molar-refractivity contribution in [3.8, 4) is 0 Å². The smallest absolute Gasteiger partial charge is 0.399 e. The second-order valence-corrected chi connectivity index (χ2v) is 7.97. The molecule has 3 rings (SSSR count). The molecule has 1 aromatic rings. The SMILES string of the molecule is CC1CCN(c2ccc(B3OC(C)(C)C(C)(C)O3)cc2F)CC1. The first-order chi connectivity index (χ1) is 10.7. The Morgan fingerprint density at radius 1 is 1.09 bits per heavy atom. The zero-order chi connectivity index (χ0) is 16.8. The van der Waals surface area contributed by atoms with Gasteiger partial charge in [0.1, 0.15) is 5.82 Å². The van der Waals surface area contributed by atoms with Crippen LogP contribution in [-0.2, 0) is 9.31 Å². The summed E-state index contributed by atoms with van der Waals surface area (Å²) >= 11 is 0. The molecule has 2 heterocycles. The third-order valence-corrected chi connectivity index (χ3v) is 5.62. The van der Waals surface area contributed by atoms with Crippen LogP contribution in [0, 0.1) is 11.7 Å². The standard InChI is InChI=1S/C18H27BFNO2/c1-13-8-10-21(11-9-13)16-7-6-14(12-15(16)20)19-22-17(2,3)18(4,5)23-19/h6-7,12-13H,8-11H2,1-5H3. The monoisotopic (exact) mass is 319 g/mol. The summed E-state index contributed by atoms with van der Waals surface area (Å²) in [6.45, 7) is 12.1. The molecule has 0 bridgehead atoms. The molecule has 23 heavy (non-hydrogen) atoms. The molecule has 0 aromatic heterocycles. The lowest BCUT2D eigenvalue weighted by molar-refractivity contribution is 0.00578. The van der Waals surface area contributed by atoms with Gasteiger partial charge in [-0.25, -0.2) is 4.39 Å². The summed E-state index contributed by atoms with van der Waals surface area (Å²) in [7, 11) is -0.509. The summed E-state index contributed by atoms with van der Waals surface area (Å²) in [6, 6.07) is 5.36. The summed E-state index contributed by atoms with van der Waals surface area (Å²) in [4.78, 5) is 2.14. The summed E-state index contributed by atoms with van der Waals surface area (Å²) in [5, 5.41) is 0. The van der Waals surface area contributed by atoms with Crippen LogP contribution in [0.3, 0.4) is 0 Å². The highest BCUT2D eigenvalue weighted by Gasteiger charge is 2.51. The van der Waals surface area contributed by atoms with Crippen LogP contribution in [-0.4, -0.2) is 31.4 Å². The molecule has 3 nitrogen and oxygen atoms in total. The van der Waals surface area contributed by atoms with Gasteiger partial charge in [0, 0.05) is 13.1 Å². The molecule has 0 radical (unpaired) electrons. The normalized spacial score (nSPS) is 24.3. The number of piperidine rings is 1. The summed E-state index contributed by atoms with van der Waals surface area (Å²) < 4.78 is 26.6. The average molecular weight is 319 g/mol. The van der Waals surface area contributed by atoms with Crippen molar-refractivity contribution < 1.29 is 13.7 Å². The maximum absolute atomic E-state index is 14.6. The molecule has 5 heteroatoms. The van der Waals surface area contributed by atoms with Gasteiger partial charge in [-0.3, -0.25) is 0 Å². The Morgan fingerprint density at radius 2 is 1.65 bits per heavy atom. The summed E-state index contributed by atoms with van der Waals surface area (Å²) in [5.74, 6) is 0.546. The zero-order valence-electron chi connectivity index (χ0n) is 14.9. The van der Waals surface area contributed by atoms with Crippen molar-refractivity contribution in [3.63, 3.8) is 0 Å². The van der Waals surface area contributed by atoms with E-state index < -0.39 is 18.3 Å². The van der Waals surface area contributed by atoms with E-state index >= 15 is 0 Å². The predicted octanol–water partition coefficient (Wildman–Crippen LogP) is 3.36. The van der Waals surface area contributed by atoms with E-state index in [-0.39, 0.29) is 5.82 Å². The molecule has 1 aromatic carbocycles. The Kier molecular flexibility index (Phi) is 4.22. The first kappa shape index (κ1) is 16.8. The van der Waals surface area contributed by atoms with Crippen molar-refractivity contribution >= 4 is 18.3 Å². The molecular formula is C18H27BFNO2. The number of benzene rings is 1. The first-order valence-corrected chi connectivity index (χ1v) is 8.60. The largest absolute Gasteiger partial charge is 0.494 e. The maximum Gasteiger partial charge on any atom is 0.494 e. The lowest BCUT2D eigenvalue weighted by atomic mass is 9.79. The van der Waals surface area contributed by atoms with Crippen LogP contribution in [0.2, 0.25) is 0 Å². The molecule has 126 valence electrons. The zero-order valence-corrected chi connectivity index (χ0v) is 14.9. The lowest BCUT2D eigenvalue weighted by Crippen LogP contribution is -2.41. The van der Waals surface area contributed by atoms with Gasteiger partial charge in [0.25, 0.3) is 0 Å². The highest BCUT2D eigenvalue weighted by atomic mass is 19.1. The molecule has 0 spiro atoms. The minimum Gasteiger partial charge on any atom is -0.399 e.